The number of alkyl carbamates (subject to hydrolysis) is 1. The minimum atomic E-state index is -1.12. The van der Waals surface area contributed by atoms with Gasteiger partial charge in [0.05, 0.1) is 0 Å². The van der Waals surface area contributed by atoms with E-state index in [-0.39, 0.29) is 19.6 Å². The van der Waals surface area contributed by atoms with E-state index in [0.29, 0.717) is 23.4 Å². The van der Waals surface area contributed by atoms with E-state index in [4.69, 9.17) is 9.84 Å². The first kappa shape index (κ1) is 29.6. The number of carbonyl (C=O) groups is 4. The summed E-state index contributed by atoms with van der Waals surface area (Å²) in [5, 5.41) is 18.2. The van der Waals surface area contributed by atoms with Crippen LogP contribution in [0.2, 0.25) is 0 Å². The molecule has 0 radical (unpaired) electrons. The molecule has 4 N–H and O–H groups in total. The number of nitrogens with zero attached hydrogens (tertiary/aromatic N) is 1. The zero-order chi connectivity index (χ0) is 29.9. The number of carbonyl (C=O) groups excluding carboxylic acids is 3. The third-order valence-electron chi connectivity index (χ3n) is 6.58. The van der Waals surface area contributed by atoms with Crippen LogP contribution < -0.4 is 16.0 Å². The van der Waals surface area contributed by atoms with E-state index >= 15 is 0 Å². The van der Waals surface area contributed by atoms with Gasteiger partial charge in [-0.3, -0.25) is 9.59 Å². The number of carboxylic acids is 1. The van der Waals surface area contributed by atoms with Crippen LogP contribution in [0.3, 0.4) is 0 Å². The van der Waals surface area contributed by atoms with Gasteiger partial charge >= 0.3 is 12.1 Å². The predicted octanol–water partition coefficient (Wildman–Crippen LogP) is 4.72. The molecule has 4 rings (SSSR count). The number of ether oxygens (including phenoxy) is 1. The van der Waals surface area contributed by atoms with Crippen molar-refractivity contribution in [3.05, 3.63) is 108 Å². The Balaban J connectivity index is 1.43. The number of aryl methyl sites for hydroxylation is 1. The first-order valence-corrected chi connectivity index (χ1v) is 13.4. The van der Waals surface area contributed by atoms with Crippen molar-refractivity contribution < 1.29 is 29.0 Å². The minimum absolute atomic E-state index is 0.133. The highest BCUT2D eigenvalue weighted by Gasteiger charge is 2.24. The Hall–Kier alpha value is -5.38. The number of anilines is 1. The number of carboxylic acid groups (broad SMARTS) is 1. The van der Waals surface area contributed by atoms with E-state index in [2.05, 4.69) is 16.0 Å². The molecule has 0 spiro atoms. The summed E-state index contributed by atoms with van der Waals surface area (Å²) in [7, 11) is 1.78. The summed E-state index contributed by atoms with van der Waals surface area (Å²) < 4.78 is 6.99. The maximum Gasteiger partial charge on any atom is 0.407 e. The SMILES string of the molecule is Cn1c(C(=O)N[C@@H](CCCNC(=O)OCc2ccccc2)C(=O)Nc2ccccc2C=CC(=O)O)cc2ccccc21. The van der Waals surface area contributed by atoms with Gasteiger partial charge in [-0.2, -0.15) is 0 Å². The minimum Gasteiger partial charge on any atom is -0.478 e. The van der Waals surface area contributed by atoms with Gasteiger partial charge in [0.1, 0.15) is 18.3 Å². The van der Waals surface area contributed by atoms with Crippen LogP contribution in [-0.2, 0) is 28.0 Å². The standard InChI is InChI=1S/C32H32N4O6/c1-36-27-16-8-6-13-24(27)20-28(36)31(40)35-26(15-9-19-33-32(41)42-21-22-10-3-2-4-11-22)30(39)34-25-14-7-5-12-23(25)17-18-29(37)38/h2-8,10-14,16-18,20,26H,9,15,19,21H2,1H3,(H,33,41)(H,34,39)(H,35,40)(H,37,38)/t26-/m0/s1. The molecule has 0 aliphatic rings. The molecule has 0 aliphatic heterocycles. The summed E-state index contributed by atoms with van der Waals surface area (Å²) in [5.74, 6) is -2.03. The van der Waals surface area contributed by atoms with Crippen molar-refractivity contribution in [2.75, 3.05) is 11.9 Å². The number of amides is 3. The number of para-hydroxylation sites is 2. The lowest BCUT2D eigenvalue weighted by Crippen LogP contribution is -2.44. The maximum absolute atomic E-state index is 13.4. The Bertz CT molecular complexity index is 1600. The molecule has 216 valence electrons. The van der Waals surface area contributed by atoms with Crippen LogP contribution in [0.4, 0.5) is 10.5 Å². The van der Waals surface area contributed by atoms with E-state index < -0.39 is 29.9 Å². The van der Waals surface area contributed by atoms with Gasteiger partial charge in [0.15, 0.2) is 0 Å². The summed E-state index contributed by atoms with van der Waals surface area (Å²) in [6.07, 6.45) is 2.36. The van der Waals surface area contributed by atoms with Gasteiger partial charge in [0, 0.05) is 36.3 Å². The zero-order valence-electron chi connectivity index (χ0n) is 23.1. The molecule has 0 fully saturated rings. The topological polar surface area (TPSA) is 139 Å². The molecular formula is C32H32N4O6. The molecule has 42 heavy (non-hydrogen) atoms. The quantitative estimate of drug-likeness (QED) is 0.144. The van der Waals surface area contributed by atoms with Crippen molar-refractivity contribution in [1.29, 1.82) is 0 Å². The molecular weight excluding hydrogens is 536 g/mol. The monoisotopic (exact) mass is 568 g/mol. The lowest BCUT2D eigenvalue weighted by atomic mass is 10.1. The number of nitrogens with one attached hydrogen (secondary N) is 3. The van der Waals surface area contributed by atoms with Crippen LogP contribution >= 0.6 is 0 Å². The fourth-order valence-electron chi connectivity index (χ4n) is 4.42. The zero-order valence-corrected chi connectivity index (χ0v) is 23.1. The normalized spacial score (nSPS) is 11.6. The van der Waals surface area contributed by atoms with Gasteiger partial charge in [-0.05, 0) is 48.2 Å². The van der Waals surface area contributed by atoms with Crippen molar-refractivity contribution >= 4 is 46.5 Å². The van der Waals surface area contributed by atoms with Gasteiger partial charge in [0.2, 0.25) is 5.91 Å². The van der Waals surface area contributed by atoms with E-state index in [1.54, 1.807) is 41.9 Å². The average Bonchev–Trinajstić information content (AvgIpc) is 3.34. The fraction of sp³-hybridized carbons (Fsp3) is 0.188. The first-order valence-electron chi connectivity index (χ1n) is 13.4. The summed E-state index contributed by atoms with van der Waals surface area (Å²) in [6.45, 7) is 0.355. The second-order valence-electron chi connectivity index (χ2n) is 9.55. The summed E-state index contributed by atoms with van der Waals surface area (Å²) >= 11 is 0. The summed E-state index contributed by atoms with van der Waals surface area (Å²) in [5.41, 5.74) is 3.02. The lowest BCUT2D eigenvalue weighted by Gasteiger charge is -2.20. The Morgan fingerprint density at radius 3 is 2.43 bits per heavy atom. The van der Waals surface area contributed by atoms with Crippen molar-refractivity contribution in [3.8, 4) is 0 Å². The van der Waals surface area contributed by atoms with Crippen LogP contribution in [0.15, 0.2) is 91.0 Å². The second kappa shape index (κ2) is 14.3. The van der Waals surface area contributed by atoms with Crippen molar-refractivity contribution in [3.63, 3.8) is 0 Å². The largest absolute Gasteiger partial charge is 0.478 e. The highest BCUT2D eigenvalue weighted by atomic mass is 16.5. The van der Waals surface area contributed by atoms with Gasteiger partial charge in [-0.25, -0.2) is 9.59 Å². The molecule has 1 heterocycles. The molecule has 10 heteroatoms. The molecule has 3 aromatic carbocycles. The summed E-state index contributed by atoms with van der Waals surface area (Å²) in [4.78, 5) is 49.9. The van der Waals surface area contributed by atoms with Gasteiger partial charge in [-0.1, -0.05) is 66.7 Å². The number of aliphatic carboxylic acids is 1. The van der Waals surface area contributed by atoms with Crippen molar-refractivity contribution in [2.24, 2.45) is 7.05 Å². The molecule has 4 aromatic rings. The number of rotatable bonds is 12. The van der Waals surface area contributed by atoms with Crippen LogP contribution in [0, 0.1) is 0 Å². The fourth-order valence-corrected chi connectivity index (χ4v) is 4.42. The van der Waals surface area contributed by atoms with Crippen LogP contribution in [0.5, 0.6) is 0 Å². The smallest absolute Gasteiger partial charge is 0.407 e. The average molecular weight is 569 g/mol. The van der Waals surface area contributed by atoms with E-state index in [1.165, 1.54) is 6.08 Å². The Kier molecular flexibility index (Phi) is 10.1. The highest BCUT2D eigenvalue weighted by Crippen LogP contribution is 2.20. The van der Waals surface area contributed by atoms with E-state index in [1.807, 2.05) is 54.6 Å². The van der Waals surface area contributed by atoms with Gasteiger partial charge < -0.3 is 30.4 Å². The molecule has 1 aromatic heterocycles. The molecule has 0 saturated heterocycles. The molecule has 0 bridgehead atoms. The third-order valence-corrected chi connectivity index (χ3v) is 6.58. The molecule has 10 nitrogen and oxygen atoms in total. The van der Waals surface area contributed by atoms with E-state index in [9.17, 15) is 19.2 Å². The highest BCUT2D eigenvalue weighted by molar-refractivity contribution is 6.03. The van der Waals surface area contributed by atoms with Crippen LogP contribution in [-0.4, -0.2) is 46.1 Å². The van der Waals surface area contributed by atoms with E-state index in [0.717, 1.165) is 22.5 Å². The first-order chi connectivity index (χ1) is 20.3. The van der Waals surface area contributed by atoms with Crippen molar-refractivity contribution in [1.82, 2.24) is 15.2 Å². The van der Waals surface area contributed by atoms with Crippen LogP contribution in [0.25, 0.3) is 17.0 Å². The summed E-state index contributed by atoms with van der Waals surface area (Å²) in [6, 6.07) is 24.4. The van der Waals surface area contributed by atoms with Crippen molar-refractivity contribution in [2.45, 2.75) is 25.5 Å². The second-order valence-corrected chi connectivity index (χ2v) is 9.55. The molecule has 0 aliphatic carbocycles. The number of hydrogen-bond acceptors (Lipinski definition) is 5. The Morgan fingerprint density at radius 2 is 1.67 bits per heavy atom. The van der Waals surface area contributed by atoms with Gasteiger partial charge in [-0.15, -0.1) is 0 Å². The Morgan fingerprint density at radius 1 is 0.952 bits per heavy atom. The lowest BCUT2D eigenvalue weighted by molar-refractivity contribution is -0.131. The third kappa shape index (κ3) is 8.07. The molecule has 0 saturated carbocycles. The molecule has 0 unspecified atom stereocenters. The number of aromatic nitrogens is 1. The number of benzene rings is 3. The predicted molar refractivity (Wildman–Crippen MR) is 160 cm³/mol. The number of hydrogen-bond donors (Lipinski definition) is 4. The van der Waals surface area contributed by atoms with Crippen LogP contribution in [0.1, 0.15) is 34.5 Å². The Labute approximate surface area is 243 Å². The van der Waals surface area contributed by atoms with Gasteiger partial charge in [0.25, 0.3) is 5.91 Å². The molecule has 1 atom stereocenters. The molecule has 3 amide bonds. The number of fused-ring (bicyclic) bond motifs is 1. The maximum atomic E-state index is 13.4.